The molecule has 7 heteroatoms. The van der Waals surface area contributed by atoms with Crippen LogP contribution in [0.25, 0.3) is 0 Å². The van der Waals surface area contributed by atoms with Gasteiger partial charge in [-0.15, -0.1) is 0 Å². The summed E-state index contributed by atoms with van der Waals surface area (Å²) < 4.78 is 5.21. The maximum absolute atomic E-state index is 12.1. The molecule has 2 aliphatic rings. The first-order valence-corrected chi connectivity index (χ1v) is 6.30. The van der Waals surface area contributed by atoms with Crippen molar-refractivity contribution in [2.45, 2.75) is 24.9 Å². The van der Waals surface area contributed by atoms with Crippen LogP contribution in [0.3, 0.4) is 0 Å². The van der Waals surface area contributed by atoms with Gasteiger partial charge in [0.15, 0.2) is 0 Å². The zero-order chi connectivity index (χ0) is 13.0. The highest BCUT2D eigenvalue weighted by molar-refractivity contribution is 5.83. The molecule has 4 N–H and O–H groups in total. The van der Waals surface area contributed by atoms with Gasteiger partial charge in [0.2, 0.25) is 5.91 Å². The van der Waals surface area contributed by atoms with Gasteiger partial charge in [-0.2, -0.15) is 0 Å². The number of hydrogen-bond acceptors (Lipinski definition) is 4. The molecule has 2 saturated heterocycles. The van der Waals surface area contributed by atoms with Crippen LogP contribution in [-0.2, 0) is 9.53 Å². The highest BCUT2D eigenvalue weighted by Gasteiger charge is 2.29. The maximum atomic E-state index is 12.1. The molecule has 2 fully saturated rings. The topological polar surface area (TPSA) is 96.7 Å². The van der Waals surface area contributed by atoms with Gasteiger partial charge < -0.3 is 26.0 Å². The van der Waals surface area contributed by atoms with E-state index in [9.17, 15) is 9.59 Å². The molecule has 0 radical (unpaired) electrons. The molecule has 2 rings (SSSR count). The van der Waals surface area contributed by atoms with Gasteiger partial charge >= 0.3 is 6.03 Å². The van der Waals surface area contributed by atoms with Crippen molar-refractivity contribution < 1.29 is 14.3 Å². The quantitative estimate of drug-likeness (QED) is 0.578. The minimum absolute atomic E-state index is 0.0360. The summed E-state index contributed by atoms with van der Waals surface area (Å²) in [6, 6.07) is -0.139. The molecule has 0 aliphatic carbocycles. The number of carbonyl (C=O) groups is 2. The number of urea groups is 1. The van der Waals surface area contributed by atoms with Crippen LogP contribution in [0.1, 0.15) is 12.8 Å². The fourth-order valence-corrected chi connectivity index (χ4v) is 2.35. The second kappa shape index (κ2) is 6.01. The van der Waals surface area contributed by atoms with Gasteiger partial charge in [-0.05, 0) is 19.4 Å². The van der Waals surface area contributed by atoms with Crippen LogP contribution in [0, 0.1) is 0 Å². The number of nitrogens with zero attached hydrogens (tertiary/aromatic N) is 1. The Morgan fingerprint density at radius 3 is 2.83 bits per heavy atom. The number of carbonyl (C=O) groups excluding carboxylic acids is 2. The van der Waals surface area contributed by atoms with E-state index in [0.29, 0.717) is 19.8 Å². The summed E-state index contributed by atoms with van der Waals surface area (Å²) in [5.74, 6) is -0.486. The summed E-state index contributed by atoms with van der Waals surface area (Å²) in [6.45, 7) is 2.75. The molecule has 3 amide bonds. The third kappa shape index (κ3) is 3.33. The highest BCUT2D eigenvalue weighted by Crippen LogP contribution is 2.10. The Labute approximate surface area is 106 Å². The summed E-state index contributed by atoms with van der Waals surface area (Å²) in [6.07, 6.45) is 1.67. The molecule has 2 unspecified atom stereocenters. The number of primary amides is 1. The van der Waals surface area contributed by atoms with Gasteiger partial charge in [0.25, 0.3) is 0 Å². The first-order valence-electron chi connectivity index (χ1n) is 6.30. The second-order valence-corrected chi connectivity index (χ2v) is 4.75. The molecule has 102 valence electrons. The van der Waals surface area contributed by atoms with Gasteiger partial charge in [0, 0.05) is 19.2 Å². The normalized spacial score (nSPS) is 27.1. The SMILES string of the molecule is NC(=O)CN(C(=O)NC1CCOC1)C1CCNC1. The van der Waals surface area contributed by atoms with Crippen LogP contribution in [0.15, 0.2) is 0 Å². The largest absolute Gasteiger partial charge is 0.379 e. The van der Waals surface area contributed by atoms with E-state index in [4.69, 9.17) is 10.5 Å². The Kier molecular flexibility index (Phi) is 4.38. The van der Waals surface area contributed by atoms with Crippen molar-refractivity contribution in [2.75, 3.05) is 32.8 Å². The second-order valence-electron chi connectivity index (χ2n) is 4.75. The number of nitrogens with two attached hydrogens (primary N) is 1. The Balaban J connectivity index is 1.93. The van der Waals surface area contributed by atoms with Gasteiger partial charge in [-0.3, -0.25) is 4.79 Å². The molecule has 0 aromatic carbocycles. The summed E-state index contributed by atoms with van der Waals surface area (Å²) in [4.78, 5) is 24.7. The lowest BCUT2D eigenvalue weighted by Crippen LogP contribution is -2.52. The fraction of sp³-hybridized carbons (Fsp3) is 0.818. The van der Waals surface area contributed by atoms with Crippen LogP contribution in [0.5, 0.6) is 0 Å². The minimum atomic E-state index is -0.486. The van der Waals surface area contributed by atoms with Crippen molar-refractivity contribution >= 4 is 11.9 Å². The lowest BCUT2D eigenvalue weighted by molar-refractivity contribution is -0.118. The fourth-order valence-electron chi connectivity index (χ4n) is 2.35. The lowest BCUT2D eigenvalue weighted by atomic mass is 10.2. The number of rotatable bonds is 4. The van der Waals surface area contributed by atoms with Gasteiger partial charge in [-0.1, -0.05) is 0 Å². The predicted octanol–water partition coefficient (Wildman–Crippen LogP) is -1.37. The third-order valence-electron chi connectivity index (χ3n) is 3.32. The molecule has 2 atom stereocenters. The summed E-state index contributed by atoms with van der Waals surface area (Å²) >= 11 is 0. The Bertz CT molecular complexity index is 311. The number of amides is 3. The van der Waals surface area contributed by atoms with E-state index >= 15 is 0 Å². The third-order valence-corrected chi connectivity index (χ3v) is 3.32. The summed E-state index contributed by atoms with van der Waals surface area (Å²) in [7, 11) is 0. The van der Waals surface area contributed by atoms with Crippen molar-refractivity contribution in [1.82, 2.24) is 15.5 Å². The molecular formula is C11H20N4O3. The van der Waals surface area contributed by atoms with E-state index in [2.05, 4.69) is 10.6 Å². The first-order chi connectivity index (χ1) is 8.66. The van der Waals surface area contributed by atoms with E-state index in [-0.39, 0.29) is 24.7 Å². The van der Waals surface area contributed by atoms with Crippen molar-refractivity contribution in [1.29, 1.82) is 0 Å². The lowest BCUT2D eigenvalue weighted by Gasteiger charge is -2.28. The zero-order valence-corrected chi connectivity index (χ0v) is 10.4. The predicted molar refractivity (Wildman–Crippen MR) is 64.9 cm³/mol. The minimum Gasteiger partial charge on any atom is -0.379 e. The van der Waals surface area contributed by atoms with E-state index < -0.39 is 5.91 Å². The molecule has 2 aliphatic heterocycles. The van der Waals surface area contributed by atoms with Crippen molar-refractivity contribution in [3.05, 3.63) is 0 Å². The number of ether oxygens (including phenoxy) is 1. The van der Waals surface area contributed by atoms with E-state index in [0.717, 1.165) is 19.4 Å². The van der Waals surface area contributed by atoms with Gasteiger partial charge in [-0.25, -0.2) is 4.79 Å². The summed E-state index contributed by atoms with van der Waals surface area (Å²) in [5.41, 5.74) is 5.20. The van der Waals surface area contributed by atoms with E-state index in [1.165, 1.54) is 4.90 Å². The van der Waals surface area contributed by atoms with Crippen molar-refractivity contribution in [2.24, 2.45) is 5.73 Å². The molecule has 0 bridgehead atoms. The molecule has 0 saturated carbocycles. The van der Waals surface area contributed by atoms with Crippen LogP contribution in [0.2, 0.25) is 0 Å². The monoisotopic (exact) mass is 256 g/mol. The highest BCUT2D eigenvalue weighted by atomic mass is 16.5. The smallest absolute Gasteiger partial charge is 0.318 e. The van der Waals surface area contributed by atoms with Crippen LogP contribution >= 0.6 is 0 Å². The average Bonchev–Trinajstić information content (AvgIpc) is 2.97. The Morgan fingerprint density at radius 1 is 1.44 bits per heavy atom. The zero-order valence-electron chi connectivity index (χ0n) is 10.4. The van der Waals surface area contributed by atoms with Crippen molar-refractivity contribution in [3.63, 3.8) is 0 Å². The van der Waals surface area contributed by atoms with Crippen LogP contribution in [-0.4, -0.2) is 61.8 Å². The molecule has 7 nitrogen and oxygen atoms in total. The molecule has 0 spiro atoms. The van der Waals surface area contributed by atoms with Crippen LogP contribution < -0.4 is 16.4 Å². The summed E-state index contributed by atoms with van der Waals surface area (Å²) in [5, 5.41) is 6.06. The van der Waals surface area contributed by atoms with Gasteiger partial charge in [0.05, 0.1) is 12.6 Å². The van der Waals surface area contributed by atoms with Gasteiger partial charge in [0.1, 0.15) is 6.54 Å². The average molecular weight is 256 g/mol. The molecule has 2 heterocycles. The Morgan fingerprint density at radius 2 is 2.28 bits per heavy atom. The molecule has 0 aromatic rings. The van der Waals surface area contributed by atoms with Crippen molar-refractivity contribution in [3.8, 4) is 0 Å². The molecular weight excluding hydrogens is 236 g/mol. The number of hydrogen-bond donors (Lipinski definition) is 3. The molecule has 18 heavy (non-hydrogen) atoms. The van der Waals surface area contributed by atoms with E-state index in [1.807, 2.05) is 0 Å². The Hall–Kier alpha value is -1.34. The maximum Gasteiger partial charge on any atom is 0.318 e. The number of nitrogens with one attached hydrogen (secondary N) is 2. The molecule has 0 aromatic heterocycles. The van der Waals surface area contributed by atoms with E-state index in [1.54, 1.807) is 0 Å². The van der Waals surface area contributed by atoms with Crippen LogP contribution in [0.4, 0.5) is 4.79 Å². The first kappa shape index (κ1) is 13.1. The standard InChI is InChI=1S/C11H20N4O3/c12-10(16)6-15(9-1-3-13-5-9)11(17)14-8-2-4-18-7-8/h8-9,13H,1-7H2,(H2,12,16)(H,14,17).